The standard InChI is InChI=1S/C21H36N2O2/c1-4-5-6-7-8-9-10-11-12-13-21(22(2)3)18-19-14-16-20(17-15-19)23(24)25/h14-17,21H,4-13,18H2,1-3H3. The summed E-state index contributed by atoms with van der Waals surface area (Å²) in [6.07, 6.45) is 14.4. The number of nitro groups is 1. The first-order chi connectivity index (χ1) is 12.0. The Morgan fingerprint density at radius 1 is 0.920 bits per heavy atom. The van der Waals surface area contributed by atoms with E-state index in [9.17, 15) is 10.1 Å². The highest BCUT2D eigenvalue weighted by molar-refractivity contribution is 5.33. The van der Waals surface area contributed by atoms with Crippen LogP contribution in [-0.4, -0.2) is 30.0 Å². The molecule has 0 aliphatic heterocycles. The van der Waals surface area contributed by atoms with Crippen molar-refractivity contribution in [3.63, 3.8) is 0 Å². The summed E-state index contributed by atoms with van der Waals surface area (Å²) >= 11 is 0. The van der Waals surface area contributed by atoms with E-state index in [2.05, 4.69) is 25.9 Å². The smallest absolute Gasteiger partial charge is 0.269 e. The minimum Gasteiger partial charge on any atom is -0.306 e. The summed E-state index contributed by atoms with van der Waals surface area (Å²) in [6, 6.07) is 7.52. The molecular formula is C21H36N2O2. The number of rotatable bonds is 14. The van der Waals surface area contributed by atoms with E-state index in [1.54, 1.807) is 12.1 Å². The second-order valence-electron chi connectivity index (χ2n) is 7.36. The van der Waals surface area contributed by atoms with Gasteiger partial charge in [0.2, 0.25) is 0 Å². The Kier molecular flexibility index (Phi) is 11.1. The zero-order valence-corrected chi connectivity index (χ0v) is 16.4. The average molecular weight is 349 g/mol. The highest BCUT2D eigenvalue weighted by Crippen LogP contribution is 2.18. The molecule has 0 aliphatic carbocycles. The van der Waals surface area contributed by atoms with E-state index in [4.69, 9.17) is 0 Å². The van der Waals surface area contributed by atoms with Crippen LogP contribution in [0.2, 0.25) is 0 Å². The van der Waals surface area contributed by atoms with Crippen molar-refractivity contribution in [1.29, 1.82) is 0 Å². The van der Waals surface area contributed by atoms with E-state index in [0.29, 0.717) is 6.04 Å². The Balaban J connectivity index is 2.24. The Morgan fingerprint density at radius 2 is 1.44 bits per heavy atom. The SMILES string of the molecule is CCCCCCCCCCCC(Cc1ccc([N+](=O)[O-])cc1)N(C)C. The van der Waals surface area contributed by atoms with E-state index >= 15 is 0 Å². The molecule has 1 unspecified atom stereocenters. The van der Waals surface area contributed by atoms with Gasteiger partial charge in [-0.3, -0.25) is 10.1 Å². The van der Waals surface area contributed by atoms with Gasteiger partial charge in [-0.15, -0.1) is 0 Å². The molecule has 142 valence electrons. The summed E-state index contributed by atoms with van der Waals surface area (Å²) in [7, 11) is 4.26. The number of nitro benzene ring substituents is 1. The van der Waals surface area contributed by atoms with Crippen molar-refractivity contribution < 1.29 is 4.92 Å². The minimum absolute atomic E-state index is 0.170. The van der Waals surface area contributed by atoms with E-state index in [0.717, 1.165) is 6.42 Å². The van der Waals surface area contributed by atoms with Crippen LogP contribution in [0.4, 0.5) is 5.69 Å². The van der Waals surface area contributed by atoms with Crippen LogP contribution < -0.4 is 0 Å². The highest BCUT2D eigenvalue weighted by Gasteiger charge is 2.13. The molecule has 0 aliphatic rings. The van der Waals surface area contributed by atoms with Crippen LogP contribution >= 0.6 is 0 Å². The molecule has 0 spiro atoms. The van der Waals surface area contributed by atoms with Gasteiger partial charge in [-0.05, 0) is 32.5 Å². The summed E-state index contributed by atoms with van der Waals surface area (Å²) in [6.45, 7) is 2.26. The van der Waals surface area contributed by atoms with Gasteiger partial charge in [-0.25, -0.2) is 0 Å². The molecule has 0 saturated carbocycles. The molecule has 25 heavy (non-hydrogen) atoms. The van der Waals surface area contributed by atoms with Crippen LogP contribution in [-0.2, 0) is 6.42 Å². The van der Waals surface area contributed by atoms with Crippen molar-refractivity contribution >= 4 is 5.69 Å². The maximum atomic E-state index is 10.7. The molecule has 0 bridgehead atoms. The second-order valence-corrected chi connectivity index (χ2v) is 7.36. The molecule has 0 amide bonds. The molecule has 0 heterocycles. The summed E-state index contributed by atoms with van der Waals surface area (Å²) in [4.78, 5) is 12.7. The van der Waals surface area contributed by atoms with Gasteiger partial charge in [-0.1, -0.05) is 76.8 Å². The van der Waals surface area contributed by atoms with Crippen molar-refractivity contribution in [2.24, 2.45) is 0 Å². The topological polar surface area (TPSA) is 46.4 Å². The predicted molar refractivity (Wildman–Crippen MR) is 106 cm³/mol. The molecule has 1 aromatic carbocycles. The zero-order chi connectivity index (χ0) is 18.5. The Morgan fingerprint density at radius 3 is 1.92 bits per heavy atom. The molecule has 4 nitrogen and oxygen atoms in total. The van der Waals surface area contributed by atoms with Gasteiger partial charge >= 0.3 is 0 Å². The van der Waals surface area contributed by atoms with Crippen LogP contribution in [0.5, 0.6) is 0 Å². The van der Waals surface area contributed by atoms with Gasteiger partial charge < -0.3 is 4.90 Å². The third kappa shape index (κ3) is 9.59. The van der Waals surface area contributed by atoms with Crippen molar-refractivity contribution in [2.75, 3.05) is 14.1 Å². The van der Waals surface area contributed by atoms with Gasteiger partial charge in [0.25, 0.3) is 5.69 Å². The number of hydrogen-bond acceptors (Lipinski definition) is 3. The van der Waals surface area contributed by atoms with Gasteiger partial charge in [0.15, 0.2) is 0 Å². The number of unbranched alkanes of at least 4 members (excludes halogenated alkanes) is 8. The lowest BCUT2D eigenvalue weighted by Gasteiger charge is -2.24. The van der Waals surface area contributed by atoms with E-state index < -0.39 is 0 Å². The first-order valence-corrected chi connectivity index (χ1v) is 9.94. The fourth-order valence-electron chi connectivity index (χ4n) is 3.26. The van der Waals surface area contributed by atoms with Crippen LogP contribution in [0, 0.1) is 10.1 Å². The molecule has 1 rings (SSSR count). The fourth-order valence-corrected chi connectivity index (χ4v) is 3.26. The maximum absolute atomic E-state index is 10.7. The highest BCUT2D eigenvalue weighted by atomic mass is 16.6. The Bertz CT molecular complexity index is 471. The largest absolute Gasteiger partial charge is 0.306 e. The van der Waals surface area contributed by atoms with Gasteiger partial charge in [0.05, 0.1) is 4.92 Å². The number of likely N-dealkylation sites (N-methyl/N-ethyl adjacent to an activating group) is 1. The van der Waals surface area contributed by atoms with E-state index in [1.807, 2.05) is 12.1 Å². The summed E-state index contributed by atoms with van der Waals surface area (Å²) in [5.74, 6) is 0. The molecule has 1 aromatic rings. The fraction of sp³-hybridized carbons (Fsp3) is 0.714. The van der Waals surface area contributed by atoms with Crippen molar-refractivity contribution in [3.8, 4) is 0 Å². The minimum atomic E-state index is -0.338. The number of non-ortho nitro benzene ring substituents is 1. The van der Waals surface area contributed by atoms with Crippen LogP contribution in [0.25, 0.3) is 0 Å². The quantitative estimate of drug-likeness (QED) is 0.236. The average Bonchev–Trinajstić information content (AvgIpc) is 2.59. The normalized spacial score (nSPS) is 12.5. The summed E-state index contributed by atoms with van der Waals surface area (Å²) in [5.41, 5.74) is 1.35. The lowest BCUT2D eigenvalue weighted by molar-refractivity contribution is -0.384. The lowest BCUT2D eigenvalue weighted by Crippen LogP contribution is -2.30. The van der Waals surface area contributed by atoms with Crippen molar-refractivity contribution in [3.05, 3.63) is 39.9 Å². The third-order valence-electron chi connectivity index (χ3n) is 4.99. The molecule has 4 heteroatoms. The molecule has 0 fully saturated rings. The number of nitrogens with zero attached hydrogens (tertiary/aromatic N) is 2. The lowest BCUT2D eigenvalue weighted by atomic mass is 9.98. The van der Waals surface area contributed by atoms with Crippen LogP contribution in [0.3, 0.4) is 0 Å². The Hall–Kier alpha value is -1.42. The van der Waals surface area contributed by atoms with Gasteiger partial charge in [-0.2, -0.15) is 0 Å². The van der Waals surface area contributed by atoms with Crippen LogP contribution in [0.15, 0.2) is 24.3 Å². The summed E-state index contributed by atoms with van der Waals surface area (Å²) in [5, 5.41) is 10.7. The molecule has 0 N–H and O–H groups in total. The van der Waals surface area contributed by atoms with Crippen molar-refractivity contribution in [1.82, 2.24) is 4.90 Å². The molecule has 1 atom stereocenters. The van der Waals surface area contributed by atoms with E-state index in [-0.39, 0.29) is 10.6 Å². The van der Waals surface area contributed by atoms with Crippen molar-refractivity contribution in [2.45, 2.75) is 83.6 Å². The molecular weight excluding hydrogens is 312 g/mol. The maximum Gasteiger partial charge on any atom is 0.269 e. The van der Waals surface area contributed by atoms with Gasteiger partial charge in [0.1, 0.15) is 0 Å². The Labute approximate surface area is 153 Å². The zero-order valence-electron chi connectivity index (χ0n) is 16.4. The van der Waals surface area contributed by atoms with E-state index in [1.165, 1.54) is 69.8 Å². The molecule has 0 aromatic heterocycles. The third-order valence-corrected chi connectivity index (χ3v) is 4.99. The van der Waals surface area contributed by atoms with Crippen LogP contribution in [0.1, 0.15) is 76.7 Å². The second kappa shape index (κ2) is 12.9. The molecule has 0 radical (unpaired) electrons. The van der Waals surface area contributed by atoms with Gasteiger partial charge in [0, 0.05) is 18.2 Å². The summed E-state index contributed by atoms with van der Waals surface area (Å²) < 4.78 is 0. The monoisotopic (exact) mass is 348 g/mol. The first kappa shape index (κ1) is 21.6. The number of benzene rings is 1. The predicted octanol–water partition coefficient (Wildman–Crippen LogP) is 5.99. The first-order valence-electron chi connectivity index (χ1n) is 9.94. The number of hydrogen-bond donors (Lipinski definition) is 0. The molecule has 0 saturated heterocycles.